The van der Waals surface area contributed by atoms with Gasteiger partial charge in [-0.05, 0) is 25.8 Å². The van der Waals surface area contributed by atoms with E-state index in [1.54, 1.807) is 0 Å². The third-order valence-corrected chi connectivity index (χ3v) is 3.76. The van der Waals surface area contributed by atoms with Crippen molar-refractivity contribution in [2.45, 2.75) is 46.2 Å². The van der Waals surface area contributed by atoms with E-state index in [1.165, 1.54) is 36.1 Å². The number of hydrogen-bond acceptors (Lipinski definition) is 2. The Balaban J connectivity index is 2.05. The molecule has 0 bridgehead atoms. The standard InChI is InChI=1S/C16H26N2/c1-4-5-16-11-17-6-7-18(16)12-15-9-13(2)8-14(3)10-15/h8-10,16-17H,4-7,11-12H2,1-3H3. The van der Waals surface area contributed by atoms with Crippen molar-refractivity contribution in [1.29, 1.82) is 0 Å². The van der Waals surface area contributed by atoms with Gasteiger partial charge in [0.05, 0.1) is 0 Å². The molecule has 1 aliphatic rings. The van der Waals surface area contributed by atoms with Gasteiger partial charge in [0.25, 0.3) is 0 Å². The van der Waals surface area contributed by atoms with Crippen LogP contribution in [0.2, 0.25) is 0 Å². The molecular formula is C16H26N2. The molecule has 0 amide bonds. The lowest BCUT2D eigenvalue weighted by atomic mass is 10.0. The lowest BCUT2D eigenvalue weighted by molar-refractivity contribution is 0.144. The number of piperazine rings is 1. The highest BCUT2D eigenvalue weighted by Gasteiger charge is 2.21. The van der Waals surface area contributed by atoms with E-state index in [0.29, 0.717) is 6.04 Å². The minimum absolute atomic E-state index is 0.713. The molecule has 0 spiro atoms. The molecule has 100 valence electrons. The average Bonchev–Trinajstić information content (AvgIpc) is 2.30. The fourth-order valence-electron chi connectivity index (χ4n) is 3.02. The molecule has 1 N–H and O–H groups in total. The quantitative estimate of drug-likeness (QED) is 0.879. The first-order chi connectivity index (χ1) is 8.69. The van der Waals surface area contributed by atoms with Crippen molar-refractivity contribution in [2.75, 3.05) is 19.6 Å². The molecule has 1 heterocycles. The lowest BCUT2D eigenvalue weighted by Crippen LogP contribution is -2.50. The predicted octanol–water partition coefficient (Wildman–Crippen LogP) is 2.88. The Morgan fingerprint density at radius 2 is 1.94 bits per heavy atom. The van der Waals surface area contributed by atoms with Gasteiger partial charge >= 0.3 is 0 Å². The van der Waals surface area contributed by atoms with Gasteiger partial charge in [-0.3, -0.25) is 4.90 Å². The lowest BCUT2D eigenvalue weighted by Gasteiger charge is -2.36. The zero-order chi connectivity index (χ0) is 13.0. The van der Waals surface area contributed by atoms with Gasteiger partial charge in [0, 0.05) is 32.2 Å². The summed E-state index contributed by atoms with van der Waals surface area (Å²) >= 11 is 0. The summed E-state index contributed by atoms with van der Waals surface area (Å²) in [5.41, 5.74) is 4.23. The molecule has 2 heteroatoms. The van der Waals surface area contributed by atoms with E-state index in [1.807, 2.05) is 0 Å². The van der Waals surface area contributed by atoms with E-state index in [9.17, 15) is 0 Å². The second-order valence-electron chi connectivity index (χ2n) is 5.61. The summed E-state index contributed by atoms with van der Waals surface area (Å²) in [6, 6.07) is 7.63. The van der Waals surface area contributed by atoms with Crippen molar-refractivity contribution in [3.8, 4) is 0 Å². The van der Waals surface area contributed by atoms with Crippen LogP contribution in [0, 0.1) is 13.8 Å². The molecule has 1 unspecified atom stereocenters. The SMILES string of the molecule is CCCC1CNCCN1Cc1cc(C)cc(C)c1. The third-order valence-electron chi connectivity index (χ3n) is 3.76. The number of aryl methyl sites for hydroxylation is 2. The van der Waals surface area contributed by atoms with Crippen LogP contribution in [0.25, 0.3) is 0 Å². The number of benzene rings is 1. The van der Waals surface area contributed by atoms with Crippen LogP contribution < -0.4 is 5.32 Å². The molecule has 2 rings (SSSR count). The minimum atomic E-state index is 0.713. The summed E-state index contributed by atoms with van der Waals surface area (Å²) in [6.07, 6.45) is 2.58. The van der Waals surface area contributed by atoms with Crippen molar-refractivity contribution in [3.63, 3.8) is 0 Å². The number of rotatable bonds is 4. The number of hydrogen-bond donors (Lipinski definition) is 1. The topological polar surface area (TPSA) is 15.3 Å². The Labute approximate surface area is 111 Å². The highest BCUT2D eigenvalue weighted by atomic mass is 15.2. The third kappa shape index (κ3) is 3.56. The Hall–Kier alpha value is -0.860. The maximum absolute atomic E-state index is 3.52. The van der Waals surface area contributed by atoms with Crippen molar-refractivity contribution >= 4 is 0 Å². The molecule has 0 aliphatic carbocycles. The Bertz CT molecular complexity index is 364. The Morgan fingerprint density at radius 3 is 2.61 bits per heavy atom. The van der Waals surface area contributed by atoms with E-state index in [-0.39, 0.29) is 0 Å². The zero-order valence-corrected chi connectivity index (χ0v) is 12.0. The van der Waals surface area contributed by atoms with Crippen LogP contribution in [0.3, 0.4) is 0 Å². The highest BCUT2D eigenvalue weighted by Crippen LogP contribution is 2.16. The van der Waals surface area contributed by atoms with Gasteiger partial charge in [-0.25, -0.2) is 0 Å². The molecule has 0 radical (unpaired) electrons. The van der Waals surface area contributed by atoms with Gasteiger partial charge in [0.2, 0.25) is 0 Å². The van der Waals surface area contributed by atoms with Gasteiger partial charge in [0.15, 0.2) is 0 Å². The maximum Gasteiger partial charge on any atom is 0.0237 e. The zero-order valence-electron chi connectivity index (χ0n) is 12.0. The van der Waals surface area contributed by atoms with E-state index >= 15 is 0 Å². The molecule has 1 saturated heterocycles. The largest absolute Gasteiger partial charge is 0.314 e. The minimum Gasteiger partial charge on any atom is -0.314 e. The fraction of sp³-hybridized carbons (Fsp3) is 0.625. The van der Waals surface area contributed by atoms with E-state index < -0.39 is 0 Å². The van der Waals surface area contributed by atoms with E-state index in [0.717, 1.165) is 19.6 Å². The van der Waals surface area contributed by atoms with Crippen LogP contribution in [-0.2, 0) is 6.54 Å². The van der Waals surface area contributed by atoms with Gasteiger partial charge in [-0.15, -0.1) is 0 Å². The van der Waals surface area contributed by atoms with E-state index in [2.05, 4.69) is 49.2 Å². The van der Waals surface area contributed by atoms with Crippen LogP contribution >= 0.6 is 0 Å². The summed E-state index contributed by atoms with van der Waals surface area (Å²) in [7, 11) is 0. The van der Waals surface area contributed by atoms with Crippen molar-refractivity contribution in [1.82, 2.24) is 10.2 Å². The Kier molecular flexibility index (Phi) is 4.79. The van der Waals surface area contributed by atoms with Gasteiger partial charge in [-0.2, -0.15) is 0 Å². The fourth-order valence-corrected chi connectivity index (χ4v) is 3.02. The molecule has 2 nitrogen and oxygen atoms in total. The number of nitrogens with one attached hydrogen (secondary N) is 1. The van der Waals surface area contributed by atoms with Crippen LogP contribution in [0.5, 0.6) is 0 Å². The first kappa shape index (κ1) is 13.6. The summed E-state index contributed by atoms with van der Waals surface area (Å²) in [5, 5.41) is 3.52. The predicted molar refractivity (Wildman–Crippen MR) is 77.9 cm³/mol. The van der Waals surface area contributed by atoms with Crippen LogP contribution in [0.4, 0.5) is 0 Å². The van der Waals surface area contributed by atoms with E-state index in [4.69, 9.17) is 0 Å². The summed E-state index contributed by atoms with van der Waals surface area (Å²) in [5.74, 6) is 0. The summed E-state index contributed by atoms with van der Waals surface area (Å²) in [6.45, 7) is 11.2. The second-order valence-corrected chi connectivity index (χ2v) is 5.61. The van der Waals surface area contributed by atoms with Crippen molar-refractivity contribution in [3.05, 3.63) is 34.9 Å². The van der Waals surface area contributed by atoms with Crippen LogP contribution in [0.1, 0.15) is 36.5 Å². The maximum atomic E-state index is 3.52. The molecule has 1 aromatic carbocycles. The van der Waals surface area contributed by atoms with Crippen LogP contribution in [0.15, 0.2) is 18.2 Å². The van der Waals surface area contributed by atoms with Gasteiger partial charge in [0.1, 0.15) is 0 Å². The Morgan fingerprint density at radius 1 is 1.22 bits per heavy atom. The van der Waals surface area contributed by atoms with Crippen LogP contribution in [-0.4, -0.2) is 30.6 Å². The molecule has 18 heavy (non-hydrogen) atoms. The first-order valence-electron chi connectivity index (χ1n) is 7.21. The molecule has 1 fully saturated rings. The normalized spacial score (nSPS) is 21.2. The molecule has 0 saturated carbocycles. The molecule has 0 aromatic heterocycles. The molecule has 1 atom stereocenters. The van der Waals surface area contributed by atoms with Crippen molar-refractivity contribution < 1.29 is 0 Å². The molecule has 1 aliphatic heterocycles. The first-order valence-corrected chi connectivity index (χ1v) is 7.21. The van der Waals surface area contributed by atoms with Gasteiger partial charge in [-0.1, -0.05) is 42.7 Å². The molecule has 1 aromatic rings. The smallest absolute Gasteiger partial charge is 0.0237 e. The summed E-state index contributed by atoms with van der Waals surface area (Å²) < 4.78 is 0. The van der Waals surface area contributed by atoms with Gasteiger partial charge < -0.3 is 5.32 Å². The highest BCUT2D eigenvalue weighted by molar-refractivity contribution is 5.28. The molecular weight excluding hydrogens is 220 g/mol. The monoisotopic (exact) mass is 246 g/mol. The second kappa shape index (κ2) is 6.35. The number of nitrogens with zero attached hydrogens (tertiary/aromatic N) is 1. The summed E-state index contributed by atoms with van der Waals surface area (Å²) in [4.78, 5) is 2.65. The van der Waals surface area contributed by atoms with Crippen molar-refractivity contribution in [2.24, 2.45) is 0 Å². The average molecular weight is 246 g/mol.